The summed E-state index contributed by atoms with van der Waals surface area (Å²) in [5.41, 5.74) is 2.43. The van der Waals surface area contributed by atoms with Gasteiger partial charge in [0.25, 0.3) is 5.91 Å². The normalized spacial score (nSPS) is 10.2. The van der Waals surface area contributed by atoms with Crippen LogP contribution in [0.5, 0.6) is 0 Å². The number of carbonyl (C=O) groups is 2. The van der Waals surface area contributed by atoms with Gasteiger partial charge in [0, 0.05) is 22.4 Å². The molecule has 0 atom stereocenters. The van der Waals surface area contributed by atoms with Gasteiger partial charge in [-0.25, -0.2) is 4.98 Å². The van der Waals surface area contributed by atoms with Crippen LogP contribution < -0.4 is 5.32 Å². The van der Waals surface area contributed by atoms with Gasteiger partial charge in [-0.05, 0) is 36.4 Å². The fraction of sp³-hybridized carbons (Fsp3) is 0. The molecule has 3 rings (SSSR count). The average Bonchev–Trinajstić information content (AvgIpc) is 3.10. The standard InChI is InChI=1S/C16H12N4O2/c21-9-11-2-1-3-13(8-11)16(22)19-14-6-4-12(5-7-14)15-17-10-18-20-15/h1-10H,(H,19,22)(H,17,18,20). The highest BCUT2D eigenvalue weighted by atomic mass is 16.1. The predicted octanol–water partition coefficient (Wildman–Crippen LogP) is 2.54. The van der Waals surface area contributed by atoms with Crippen LogP contribution >= 0.6 is 0 Å². The van der Waals surface area contributed by atoms with E-state index in [1.54, 1.807) is 36.4 Å². The summed E-state index contributed by atoms with van der Waals surface area (Å²) in [6.45, 7) is 0. The van der Waals surface area contributed by atoms with E-state index in [-0.39, 0.29) is 5.91 Å². The van der Waals surface area contributed by atoms with Crippen LogP contribution in [0.2, 0.25) is 0 Å². The fourth-order valence-corrected chi connectivity index (χ4v) is 2.01. The van der Waals surface area contributed by atoms with E-state index in [1.807, 2.05) is 12.1 Å². The van der Waals surface area contributed by atoms with Crippen LogP contribution in [0.4, 0.5) is 5.69 Å². The van der Waals surface area contributed by atoms with E-state index in [9.17, 15) is 9.59 Å². The number of aldehydes is 1. The van der Waals surface area contributed by atoms with Gasteiger partial charge in [-0.2, -0.15) is 5.10 Å². The summed E-state index contributed by atoms with van der Waals surface area (Å²) < 4.78 is 0. The van der Waals surface area contributed by atoms with Crippen LogP contribution in [0, 0.1) is 0 Å². The molecule has 0 radical (unpaired) electrons. The van der Waals surface area contributed by atoms with Gasteiger partial charge in [0.1, 0.15) is 12.6 Å². The van der Waals surface area contributed by atoms with Crippen LogP contribution in [-0.4, -0.2) is 27.4 Å². The minimum Gasteiger partial charge on any atom is -0.322 e. The number of anilines is 1. The third-order valence-electron chi connectivity index (χ3n) is 3.12. The zero-order chi connectivity index (χ0) is 15.4. The molecule has 0 saturated heterocycles. The second kappa shape index (κ2) is 6.01. The Kier molecular flexibility index (Phi) is 3.74. The zero-order valence-electron chi connectivity index (χ0n) is 11.5. The lowest BCUT2D eigenvalue weighted by atomic mass is 10.1. The Hall–Kier alpha value is -3.28. The van der Waals surface area contributed by atoms with Crippen molar-refractivity contribution in [3.05, 3.63) is 66.0 Å². The summed E-state index contributed by atoms with van der Waals surface area (Å²) in [7, 11) is 0. The van der Waals surface area contributed by atoms with E-state index in [1.165, 1.54) is 6.33 Å². The van der Waals surface area contributed by atoms with Crippen molar-refractivity contribution >= 4 is 17.9 Å². The third kappa shape index (κ3) is 2.90. The second-order valence-corrected chi connectivity index (χ2v) is 4.61. The van der Waals surface area contributed by atoms with E-state index < -0.39 is 0 Å². The van der Waals surface area contributed by atoms with Gasteiger partial charge < -0.3 is 5.32 Å². The summed E-state index contributed by atoms with van der Waals surface area (Å²) in [5, 5.41) is 9.34. The fourth-order valence-electron chi connectivity index (χ4n) is 2.01. The quantitative estimate of drug-likeness (QED) is 0.723. The first-order valence-electron chi connectivity index (χ1n) is 6.58. The Morgan fingerprint density at radius 3 is 2.64 bits per heavy atom. The first-order valence-corrected chi connectivity index (χ1v) is 6.58. The van der Waals surface area contributed by atoms with Crippen molar-refractivity contribution in [3.63, 3.8) is 0 Å². The number of benzene rings is 2. The van der Waals surface area contributed by atoms with E-state index >= 15 is 0 Å². The minimum absolute atomic E-state index is 0.267. The molecule has 6 nitrogen and oxygen atoms in total. The van der Waals surface area contributed by atoms with E-state index in [0.717, 1.165) is 5.56 Å². The van der Waals surface area contributed by atoms with Crippen molar-refractivity contribution in [2.45, 2.75) is 0 Å². The van der Waals surface area contributed by atoms with Gasteiger partial charge in [0.2, 0.25) is 0 Å². The molecule has 22 heavy (non-hydrogen) atoms. The molecule has 3 aromatic rings. The topological polar surface area (TPSA) is 87.7 Å². The lowest BCUT2D eigenvalue weighted by Gasteiger charge is -2.06. The number of rotatable bonds is 4. The highest BCUT2D eigenvalue weighted by Crippen LogP contribution is 2.17. The molecule has 108 valence electrons. The van der Waals surface area contributed by atoms with Gasteiger partial charge in [-0.1, -0.05) is 12.1 Å². The molecule has 2 aromatic carbocycles. The SMILES string of the molecule is O=Cc1cccc(C(=O)Nc2ccc(-c3ncn[nH]3)cc2)c1. The number of aromatic amines is 1. The van der Waals surface area contributed by atoms with Gasteiger partial charge in [0.05, 0.1) is 0 Å². The number of nitrogens with zero attached hydrogens (tertiary/aromatic N) is 2. The van der Waals surface area contributed by atoms with Crippen LogP contribution in [0.1, 0.15) is 20.7 Å². The molecular weight excluding hydrogens is 280 g/mol. The van der Waals surface area contributed by atoms with E-state index in [0.29, 0.717) is 28.9 Å². The first kappa shape index (κ1) is 13.7. The second-order valence-electron chi connectivity index (χ2n) is 4.61. The zero-order valence-corrected chi connectivity index (χ0v) is 11.5. The molecule has 0 aliphatic rings. The van der Waals surface area contributed by atoms with Crippen molar-refractivity contribution in [1.82, 2.24) is 15.2 Å². The summed E-state index contributed by atoms with van der Waals surface area (Å²) in [6.07, 6.45) is 2.15. The highest BCUT2D eigenvalue weighted by molar-refractivity contribution is 6.05. The summed E-state index contributed by atoms with van der Waals surface area (Å²) >= 11 is 0. The van der Waals surface area contributed by atoms with Crippen molar-refractivity contribution in [2.75, 3.05) is 5.32 Å². The molecular formula is C16H12N4O2. The molecule has 0 spiro atoms. The lowest BCUT2D eigenvalue weighted by molar-refractivity contribution is 0.102. The van der Waals surface area contributed by atoms with Gasteiger partial charge in [0.15, 0.2) is 5.82 Å². The molecule has 0 unspecified atom stereocenters. The summed E-state index contributed by atoms with van der Waals surface area (Å²) in [6, 6.07) is 13.7. The Bertz CT molecular complexity index is 795. The number of hydrogen-bond acceptors (Lipinski definition) is 4. The molecule has 6 heteroatoms. The Morgan fingerprint density at radius 2 is 1.95 bits per heavy atom. The van der Waals surface area contributed by atoms with Crippen molar-refractivity contribution in [3.8, 4) is 11.4 Å². The lowest BCUT2D eigenvalue weighted by Crippen LogP contribution is -2.12. The summed E-state index contributed by atoms with van der Waals surface area (Å²) in [5.74, 6) is 0.396. The van der Waals surface area contributed by atoms with Crippen molar-refractivity contribution in [1.29, 1.82) is 0 Å². The summed E-state index contributed by atoms with van der Waals surface area (Å²) in [4.78, 5) is 26.9. The van der Waals surface area contributed by atoms with Crippen LogP contribution in [0.25, 0.3) is 11.4 Å². The van der Waals surface area contributed by atoms with Gasteiger partial charge >= 0.3 is 0 Å². The molecule has 0 aliphatic heterocycles. The molecule has 1 amide bonds. The Balaban J connectivity index is 1.75. The number of hydrogen-bond donors (Lipinski definition) is 2. The van der Waals surface area contributed by atoms with Crippen molar-refractivity contribution < 1.29 is 9.59 Å². The minimum atomic E-state index is -0.267. The average molecular weight is 292 g/mol. The number of nitrogens with one attached hydrogen (secondary N) is 2. The van der Waals surface area contributed by atoms with E-state index in [2.05, 4.69) is 20.5 Å². The molecule has 1 heterocycles. The highest BCUT2D eigenvalue weighted by Gasteiger charge is 2.07. The molecule has 2 N–H and O–H groups in total. The Labute approximate surface area is 126 Å². The largest absolute Gasteiger partial charge is 0.322 e. The smallest absolute Gasteiger partial charge is 0.255 e. The van der Waals surface area contributed by atoms with Crippen LogP contribution in [0.3, 0.4) is 0 Å². The van der Waals surface area contributed by atoms with Crippen LogP contribution in [0.15, 0.2) is 54.9 Å². The Morgan fingerprint density at radius 1 is 1.14 bits per heavy atom. The maximum Gasteiger partial charge on any atom is 0.255 e. The molecule has 0 aliphatic carbocycles. The number of carbonyl (C=O) groups excluding carboxylic acids is 2. The van der Waals surface area contributed by atoms with Gasteiger partial charge in [-0.3, -0.25) is 14.7 Å². The monoisotopic (exact) mass is 292 g/mol. The maximum absolute atomic E-state index is 12.1. The first-order chi connectivity index (χ1) is 10.8. The van der Waals surface area contributed by atoms with Crippen LogP contribution in [-0.2, 0) is 0 Å². The van der Waals surface area contributed by atoms with Crippen molar-refractivity contribution in [2.24, 2.45) is 0 Å². The molecule has 1 aromatic heterocycles. The number of aromatic nitrogens is 3. The maximum atomic E-state index is 12.1. The molecule has 0 saturated carbocycles. The molecule has 0 bridgehead atoms. The molecule has 0 fully saturated rings. The third-order valence-corrected chi connectivity index (χ3v) is 3.12. The van der Waals surface area contributed by atoms with Gasteiger partial charge in [-0.15, -0.1) is 0 Å². The predicted molar refractivity (Wildman–Crippen MR) is 81.6 cm³/mol. The number of amides is 1. The number of H-pyrrole nitrogens is 1. The van der Waals surface area contributed by atoms with E-state index in [4.69, 9.17) is 0 Å².